The lowest BCUT2D eigenvalue weighted by Gasteiger charge is -2.20. The van der Waals surface area contributed by atoms with Crippen LogP contribution in [0.25, 0.3) is 0 Å². The lowest BCUT2D eigenvalue weighted by molar-refractivity contribution is -0.122. The summed E-state index contributed by atoms with van der Waals surface area (Å²) in [7, 11) is 0. The summed E-state index contributed by atoms with van der Waals surface area (Å²) >= 11 is 0. The first-order valence-corrected chi connectivity index (χ1v) is 10.1. The second kappa shape index (κ2) is 9.59. The molecular formula is C24H32N2O3. The third-order valence-corrected chi connectivity index (χ3v) is 4.82. The van der Waals surface area contributed by atoms with Gasteiger partial charge in [-0.05, 0) is 55.5 Å². The van der Waals surface area contributed by atoms with Gasteiger partial charge in [0.05, 0.1) is 11.3 Å². The average Bonchev–Trinajstić information content (AvgIpc) is 2.67. The molecule has 2 aromatic carbocycles. The summed E-state index contributed by atoms with van der Waals surface area (Å²) < 4.78 is 5.79. The van der Waals surface area contributed by atoms with E-state index in [1.807, 2.05) is 38.1 Å². The minimum atomic E-state index is -0.707. The van der Waals surface area contributed by atoms with Gasteiger partial charge in [-0.3, -0.25) is 9.59 Å². The van der Waals surface area contributed by atoms with E-state index in [0.29, 0.717) is 17.0 Å². The predicted octanol–water partition coefficient (Wildman–Crippen LogP) is 4.92. The molecule has 2 aromatic rings. The van der Waals surface area contributed by atoms with Crippen LogP contribution in [0.4, 0.5) is 5.69 Å². The van der Waals surface area contributed by atoms with Crippen LogP contribution < -0.4 is 15.4 Å². The zero-order valence-electron chi connectivity index (χ0n) is 18.2. The Morgan fingerprint density at radius 2 is 1.62 bits per heavy atom. The molecule has 2 amide bonds. The third-order valence-electron chi connectivity index (χ3n) is 4.82. The van der Waals surface area contributed by atoms with E-state index in [-0.39, 0.29) is 23.3 Å². The van der Waals surface area contributed by atoms with Crippen molar-refractivity contribution in [3.63, 3.8) is 0 Å². The fourth-order valence-electron chi connectivity index (χ4n) is 2.72. The van der Waals surface area contributed by atoms with Gasteiger partial charge in [-0.15, -0.1) is 0 Å². The Labute approximate surface area is 173 Å². The smallest absolute Gasteiger partial charge is 0.265 e. The summed E-state index contributed by atoms with van der Waals surface area (Å²) in [6.45, 7) is 12.1. The Hall–Kier alpha value is -2.82. The maximum Gasteiger partial charge on any atom is 0.265 e. The fraction of sp³-hybridized carbons (Fsp3) is 0.417. The number of carbonyl (C=O) groups excluding carboxylic acids is 2. The lowest BCUT2D eigenvalue weighted by Crippen LogP contribution is -2.34. The number of ether oxygens (including phenoxy) is 1. The minimum Gasteiger partial charge on any atom is -0.481 e. The molecule has 5 nitrogen and oxygen atoms in total. The van der Waals surface area contributed by atoms with Crippen molar-refractivity contribution >= 4 is 17.5 Å². The highest BCUT2D eigenvalue weighted by molar-refractivity contribution is 6.04. The van der Waals surface area contributed by atoms with Crippen molar-refractivity contribution in [3.8, 4) is 5.75 Å². The number of rotatable bonds is 7. The normalized spacial score (nSPS) is 13.3. The number of nitrogens with one attached hydrogen (secondary N) is 2. The van der Waals surface area contributed by atoms with Gasteiger partial charge in [0.25, 0.3) is 11.8 Å². The minimum absolute atomic E-state index is 0.0566. The number of benzene rings is 2. The quantitative estimate of drug-likeness (QED) is 0.698. The van der Waals surface area contributed by atoms with E-state index in [1.54, 1.807) is 31.2 Å². The van der Waals surface area contributed by atoms with Crippen LogP contribution in [0.15, 0.2) is 48.5 Å². The molecular weight excluding hydrogens is 364 g/mol. The molecule has 156 valence electrons. The molecule has 29 heavy (non-hydrogen) atoms. The van der Waals surface area contributed by atoms with E-state index < -0.39 is 6.10 Å². The van der Waals surface area contributed by atoms with Gasteiger partial charge in [0.1, 0.15) is 5.75 Å². The van der Waals surface area contributed by atoms with Crippen LogP contribution in [0.1, 0.15) is 63.9 Å². The van der Waals surface area contributed by atoms with Crippen molar-refractivity contribution in [2.75, 3.05) is 5.32 Å². The Morgan fingerprint density at radius 1 is 1.00 bits per heavy atom. The molecule has 0 aliphatic carbocycles. The number of anilines is 1. The van der Waals surface area contributed by atoms with Crippen molar-refractivity contribution < 1.29 is 14.3 Å². The van der Waals surface area contributed by atoms with Gasteiger partial charge in [0.2, 0.25) is 0 Å². The number of carbonyl (C=O) groups is 2. The first-order valence-electron chi connectivity index (χ1n) is 10.1. The second-order valence-corrected chi connectivity index (χ2v) is 8.35. The van der Waals surface area contributed by atoms with E-state index >= 15 is 0 Å². The van der Waals surface area contributed by atoms with Crippen molar-refractivity contribution in [1.82, 2.24) is 5.32 Å². The first-order chi connectivity index (χ1) is 13.6. The number of para-hydroxylation sites is 1. The summed E-state index contributed by atoms with van der Waals surface area (Å²) in [5.41, 5.74) is 2.16. The second-order valence-electron chi connectivity index (χ2n) is 8.35. The molecule has 0 fully saturated rings. The van der Waals surface area contributed by atoms with Gasteiger partial charge in [-0.2, -0.15) is 0 Å². The zero-order valence-corrected chi connectivity index (χ0v) is 18.2. The molecule has 0 spiro atoms. The SMILES string of the molecule is CCC(C)NC(=O)c1ccccc1NC(=O)C(C)Oc1ccc(C(C)(C)C)cc1. The molecule has 2 rings (SSSR count). The number of amides is 2. The van der Waals surface area contributed by atoms with Crippen LogP contribution in [0, 0.1) is 0 Å². The molecule has 0 radical (unpaired) electrons. The summed E-state index contributed by atoms with van der Waals surface area (Å²) in [4.78, 5) is 25.1. The highest BCUT2D eigenvalue weighted by Gasteiger charge is 2.19. The molecule has 0 aliphatic heterocycles. The maximum atomic E-state index is 12.6. The molecule has 0 saturated carbocycles. The predicted molar refractivity (Wildman–Crippen MR) is 118 cm³/mol. The number of hydrogen-bond acceptors (Lipinski definition) is 3. The van der Waals surface area contributed by atoms with Gasteiger partial charge in [-0.25, -0.2) is 0 Å². The lowest BCUT2D eigenvalue weighted by atomic mass is 9.87. The van der Waals surface area contributed by atoms with Gasteiger partial charge in [0.15, 0.2) is 6.10 Å². The molecule has 2 unspecified atom stereocenters. The molecule has 5 heteroatoms. The van der Waals surface area contributed by atoms with E-state index in [9.17, 15) is 9.59 Å². The highest BCUT2D eigenvalue weighted by atomic mass is 16.5. The molecule has 2 N–H and O–H groups in total. The van der Waals surface area contributed by atoms with Crippen LogP contribution in [0.5, 0.6) is 5.75 Å². The summed E-state index contributed by atoms with van der Waals surface area (Å²) in [5, 5.41) is 5.74. The van der Waals surface area contributed by atoms with E-state index in [4.69, 9.17) is 4.74 Å². The first kappa shape index (κ1) is 22.5. The molecule has 0 saturated heterocycles. The third kappa shape index (κ3) is 6.34. The Morgan fingerprint density at radius 3 is 2.21 bits per heavy atom. The standard InChI is InChI=1S/C24H32N2O3/c1-7-16(2)25-23(28)20-10-8-9-11-21(20)26-22(27)17(3)29-19-14-12-18(13-15-19)24(4,5)6/h8-17H,7H2,1-6H3,(H,25,28)(H,26,27). The van der Waals surface area contributed by atoms with Crippen LogP contribution in [-0.2, 0) is 10.2 Å². The highest BCUT2D eigenvalue weighted by Crippen LogP contribution is 2.25. The Kier molecular flexibility index (Phi) is 7.43. The van der Waals surface area contributed by atoms with Crippen LogP contribution >= 0.6 is 0 Å². The van der Waals surface area contributed by atoms with E-state index in [1.165, 1.54) is 5.56 Å². The Bertz CT molecular complexity index is 838. The topological polar surface area (TPSA) is 67.4 Å². The van der Waals surface area contributed by atoms with Crippen molar-refractivity contribution in [1.29, 1.82) is 0 Å². The van der Waals surface area contributed by atoms with Crippen LogP contribution in [0.2, 0.25) is 0 Å². The summed E-state index contributed by atoms with van der Waals surface area (Å²) in [5.74, 6) is 0.110. The Balaban J connectivity index is 2.05. The van der Waals surface area contributed by atoms with Crippen LogP contribution in [-0.4, -0.2) is 24.0 Å². The van der Waals surface area contributed by atoms with E-state index in [0.717, 1.165) is 6.42 Å². The van der Waals surface area contributed by atoms with Gasteiger partial charge in [-0.1, -0.05) is 52.0 Å². The molecule has 2 atom stereocenters. The van der Waals surface area contributed by atoms with Gasteiger partial charge >= 0.3 is 0 Å². The largest absolute Gasteiger partial charge is 0.481 e. The van der Waals surface area contributed by atoms with Crippen molar-refractivity contribution in [3.05, 3.63) is 59.7 Å². The number of hydrogen-bond donors (Lipinski definition) is 2. The summed E-state index contributed by atoms with van der Waals surface area (Å²) in [6, 6.07) is 14.8. The fourth-order valence-corrected chi connectivity index (χ4v) is 2.72. The molecule has 0 bridgehead atoms. The maximum absolute atomic E-state index is 12.6. The van der Waals surface area contributed by atoms with Crippen LogP contribution in [0.3, 0.4) is 0 Å². The molecule has 0 aromatic heterocycles. The van der Waals surface area contributed by atoms with Crippen molar-refractivity contribution in [2.24, 2.45) is 0 Å². The molecule has 0 heterocycles. The monoisotopic (exact) mass is 396 g/mol. The van der Waals surface area contributed by atoms with E-state index in [2.05, 4.69) is 31.4 Å². The van der Waals surface area contributed by atoms with Gasteiger partial charge < -0.3 is 15.4 Å². The van der Waals surface area contributed by atoms with Gasteiger partial charge in [0, 0.05) is 6.04 Å². The van der Waals surface area contributed by atoms with Crippen molar-refractivity contribution in [2.45, 2.75) is 65.5 Å². The average molecular weight is 397 g/mol. The zero-order chi connectivity index (χ0) is 21.6. The summed E-state index contributed by atoms with van der Waals surface area (Å²) in [6.07, 6.45) is 0.125. The molecule has 0 aliphatic rings.